The first-order valence-electron chi connectivity index (χ1n) is 6.13. The van der Waals surface area contributed by atoms with Gasteiger partial charge in [0.2, 0.25) is 5.75 Å². The van der Waals surface area contributed by atoms with Crippen molar-refractivity contribution >= 4 is 33.2 Å². The Labute approximate surface area is 125 Å². The van der Waals surface area contributed by atoms with Gasteiger partial charge in [0.05, 0.1) is 9.95 Å². The lowest BCUT2D eigenvalue weighted by molar-refractivity contribution is -0.386. The summed E-state index contributed by atoms with van der Waals surface area (Å²) in [6, 6.07) is 4.58. The molecule has 4 nitrogen and oxygen atoms in total. The van der Waals surface area contributed by atoms with Gasteiger partial charge in [-0.25, -0.2) is 0 Å². The maximum absolute atomic E-state index is 11.0. The van der Waals surface area contributed by atoms with Crippen LogP contribution in [0.3, 0.4) is 0 Å². The molecule has 0 aromatic heterocycles. The molecule has 1 saturated carbocycles. The van der Waals surface area contributed by atoms with Gasteiger partial charge in [-0.15, -0.1) is 0 Å². The van der Waals surface area contributed by atoms with E-state index in [4.69, 9.17) is 16.3 Å². The molecule has 3 atom stereocenters. The summed E-state index contributed by atoms with van der Waals surface area (Å²) in [7, 11) is 0. The van der Waals surface area contributed by atoms with Crippen molar-refractivity contribution in [3.8, 4) is 5.75 Å². The minimum absolute atomic E-state index is 0.0208. The highest BCUT2D eigenvalue weighted by Crippen LogP contribution is 2.51. The molecule has 0 bridgehead atoms. The molecule has 0 saturated heterocycles. The molecule has 1 aromatic carbocycles. The number of halogens is 2. The first-order valence-corrected chi connectivity index (χ1v) is 7.43. The molecule has 104 valence electrons. The van der Waals surface area contributed by atoms with E-state index >= 15 is 0 Å². The van der Waals surface area contributed by atoms with Crippen molar-refractivity contribution in [1.29, 1.82) is 0 Å². The summed E-state index contributed by atoms with van der Waals surface area (Å²) < 4.78 is 5.85. The SMILES string of the molecule is CCC1(C)C(Br)CC1Oc1c(Cl)cccc1[N+](=O)[O-]. The van der Waals surface area contributed by atoms with Gasteiger partial charge < -0.3 is 4.74 Å². The fourth-order valence-electron chi connectivity index (χ4n) is 2.30. The highest BCUT2D eigenvalue weighted by molar-refractivity contribution is 9.09. The number of ether oxygens (including phenoxy) is 1. The number of hydrogen-bond donors (Lipinski definition) is 0. The molecule has 3 unspecified atom stereocenters. The van der Waals surface area contributed by atoms with Crippen LogP contribution in [0.15, 0.2) is 18.2 Å². The predicted octanol–water partition coefficient (Wildman–Crippen LogP) is 4.58. The maximum Gasteiger partial charge on any atom is 0.312 e. The molecular weight excluding hydrogens is 334 g/mol. The number of para-hydroxylation sites is 1. The lowest BCUT2D eigenvalue weighted by Crippen LogP contribution is -2.54. The standard InChI is InChI=1S/C13H15BrClNO3/c1-3-13(2)10(14)7-11(13)19-12-8(15)5-4-6-9(12)16(17)18/h4-6,10-11H,3,7H2,1-2H3. The summed E-state index contributed by atoms with van der Waals surface area (Å²) in [5.74, 6) is 0.179. The van der Waals surface area contributed by atoms with Crippen molar-refractivity contribution in [3.05, 3.63) is 33.3 Å². The van der Waals surface area contributed by atoms with Gasteiger partial charge in [0.15, 0.2) is 0 Å². The maximum atomic E-state index is 11.0. The Hall–Kier alpha value is -0.810. The third kappa shape index (κ3) is 2.46. The zero-order valence-corrected chi connectivity index (χ0v) is 13.1. The van der Waals surface area contributed by atoms with Crippen LogP contribution in [0, 0.1) is 15.5 Å². The van der Waals surface area contributed by atoms with Crippen LogP contribution >= 0.6 is 27.5 Å². The largest absolute Gasteiger partial charge is 0.482 e. The van der Waals surface area contributed by atoms with Crippen molar-refractivity contribution < 1.29 is 9.66 Å². The normalized spacial score (nSPS) is 29.7. The van der Waals surface area contributed by atoms with E-state index in [0.717, 1.165) is 12.8 Å². The summed E-state index contributed by atoms with van der Waals surface area (Å²) in [6.45, 7) is 4.20. The van der Waals surface area contributed by atoms with Crippen LogP contribution in [-0.2, 0) is 0 Å². The van der Waals surface area contributed by atoms with Crippen LogP contribution in [0.2, 0.25) is 5.02 Å². The van der Waals surface area contributed by atoms with Crippen molar-refractivity contribution in [2.24, 2.45) is 5.41 Å². The number of nitro benzene ring substituents is 1. The third-order valence-corrected chi connectivity index (χ3v) is 5.75. The first-order chi connectivity index (χ1) is 8.90. The summed E-state index contributed by atoms with van der Waals surface area (Å²) in [5.41, 5.74) is -0.100. The Morgan fingerprint density at radius 1 is 1.63 bits per heavy atom. The second-order valence-electron chi connectivity index (χ2n) is 5.01. The average Bonchev–Trinajstić information content (AvgIpc) is 2.38. The van der Waals surface area contributed by atoms with E-state index in [1.165, 1.54) is 6.07 Å². The Balaban J connectivity index is 2.28. The Morgan fingerprint density at radius 3 is 2.84 bits per heavy atom. The van der Waals surface area contributed by atoms with Crippen molar-refractivity contribution in [1.82, 2.24) is 0 Å². The molecular formula is C13H15BrClNO3. The molecule has 1 aliphatic carbocycles. The zero-order chi connectivity index (χ0) is 14.2. The second kappa shape index (κ2) is 5.29. The smallest absolute Gasteiger partial charge is 0.312 e. The number of nitrogens with zero attached hydrogens (tertiary/aromatic N) is 1. The minimum atomic E-state index is -0.464. The summed E-state index contributed by atoms with van der Waals surface area (Å²) >= 11 is 9.65. The third-order valence-electron chi connectivity index (χ3n) is 4.04. The first kappa shape index (κ1) is 14.6. The molecule has 19 heavy (non-hydrogen) atoms. The highest BCUT2D eigenvalue weighted by atomic mass is 79.9. The lowest BCUT2D eigenvalue weighted by Gasteiger charge is -2.50. The van der Waals surface area contributed by atoms with Crippen molar-refractivity contribution in [2.75, 3.05) is 0 Å². The monoisotopic (exact) mass is 347 g/mol. The zero-order valence-electron chi connectivity index (χ0n) is 10.7. The minimum Gasteiger partial charge on any atom is -0.482 e. The summed E-state index contributed by atoms with van der Waals surface area (Å²) in [5, 5.41) is 11.3. The van der Waals surface area contributed by atoms with Gasteiger partial charge in [-0.2, -0.15) is 0 Å². The molecule has 1 aliphatic rings. The number of alkyl halides is 1. The van der Waals surface area contributed by atoms with E-state index in [1.807, 2.05) is 0 Å². The van der Waals surface area contributed by atoms with Crippen LogP contribution in [0.25, 0.3) is 0 Å². The van der Waals surface area contributed by atoms with E-state index in [2.05, 4.69) is 29.8 Å². The van der Waals surface area contributed by atoms with E-state index < -0.39 is 4.92 Å². The number of nitro groups is 1. The van der Waals surface area contributed by atoms with Crippen LogP contribution < -0.4 is 4.74 Å². The van der Waals surface area contributed by atoms with Gasteiger partial charge in [-0.3, -0.25) is 10.1 Å². The fraction of sp³-hybridized carbons (Fsp3) is 0.538. The van der Waals surface area contributed by atoms with Gasteiger partial charge >= 0.3 is 5.69 Å². The van der Waals surface area contributed by atoms with Crippen molar-refractivity contribution in [2.45, 2.75) is 37.6 Å². The topological polar surface area (TPSA) is 52.4 Å². The summed E-state index contributed by atoms with van der Waals surface area (Å²) in [4.78, 5) is 10.9. The molecule has 1 fully saturated rings. The van der Waals surface area contributed by atoms with Crippen LogP contribution in [-0.4, -0.2) is 15.9 Å². The van der Waals surface area contributed by atoms with E-state index in [-0.39, 0.29) is 28.0 Å². The summed E-state index contributed by atoms with van der Waals surface area (Å²) in [6.07, 6.45) is 1.71. The molecule has 2 rings (SSSR count). The van der Waals surface area contributed by atoms with E-state index in [0.29, 0.717) is 4.83 Å². The molecule has 6 heteroatoms. The quantitative estimate of drug-likeness (QED) is 0.454. The molecule has 0 heterocycles. The Bertz CT molecular complexity index is 511. The van der Waals surface area contributed by atoms with Crippen LogP contribution in [0.4, 0.5) is 5.69 Å². The number of hydrogen-bond acceptors (Lipinski definition) is 3. The van der Waals surface area contributed by atoms with Gasteiger partial charge in [0.25, 0.3) is 0 Å². The highest BCUT2D eigenvalue weighted by Gasteiger charge is 2.51. The fourth-order valence-corrected chi connectivity index (χ4v) is 3.47. The van der Waals surface area contributed by atoms with E-state index in [1.54, 1.807) is 12.1 Å². The predicted molar refractivity (Wildman–Crippen MR) is 78.3 cm³/mol. The molecule has 1 aromatic rings. The number of benzene rings is 1. The van der Waals surface area contributed by atoms with Crippen LogP contribution in [0.5, 0.6) is 5.75 Å². The van der Waals surface area contributed by atoms with Crippen molar-refractivity contribution in [3.63, 3.8) is 0 Å². The van der Waals surface area contributed by atoms with Gasteiger partial charge in [0.1, 0.15) is 6.10 Å². The second-order valence-corrected chi connectivity index (χ2v) is 6.53. The molecule has 0 N–H and O–H groups in total. The Kier molecular flexibility index (Phi) is 4.06. The molecule has 0 spiro atoms. The van der Waals surface area contributed by atoms with Gasteiger partial charge in [-0.05, 0) is 18.9 Å². The van der Waals surface area contributed by atoms with Gasteiger partial charge in [0, 0.05) is 16.3 Å². The number of rotatable bonds is 4. The molecule has 0 amide bonds. The van der Waals surface area contributed by atoms with Gasteiger partial charge in [-0.1, -0.05) is 47.4 Å². The molecule has 0 radical (unpaired) electrons. The van der Waals surface area contributed by atoms with Crippen LogP contribution in [0.1, 0.15) is 26.7 Å². The average molecular weight is 349 g/mol. The Morgan fingerprint density at radius 2 is 2.32 bits per heavy atom. The van der Waals surface area contributed by atoms with E-state index in [9.17, 15) is 10.1 Å². The lowest BCUT2D eigenvalue weighted by atomic mass is 9.65. The molecule has 0 aliphatic heterocycles.